The zero-order valence-corrected chi connectivity index (χ0v) is 11.8. The fourth-order valence-electron chi connectivity index (χ4n) is 2.46. The van der Waals surface area contributed by atoms with Crippen LogP contribution in [0, 0.1) is 12.8 Å². The number of hydrogen-bond donors (Lipinski definition) is 2. The molecule has 5 heteroatoms. The summed E-state index contributed by atoms with van der Waals surface area (Å²) in [6.45, 7) is 1.95. The molecule has 1 fully saturated rings. The molecule has 98 valence electrons. The third-order valence-electron chi connectivity index (χ3n) is 3.58. The summed E-state index contributed by atoms with van der Waals surface area (Å²) >= 11 is 3.32. The van der Waals surface area contributed by atoms with E-state index in [0.717, 1.165) is 5.56 Å². The van der Waals surface area contributed by atoms with Gasteiger partial charge in [-0.25, -0.2) is 4.98 Å². The average Bonchev–Trinajstić information content (AvgIpc) is 2.28. The summed E-state index contributed by atoms with van der Waals surface area (Å²) < 4.78 is 0.700. The van der Waals surface area contributed by atoms with Crippen molar-refractivity contribution in [2.45, 2.75) is 38.2 Å². The molecule has 0 spiro atoms. The number of aliphatic carboxylic acids is 1. The largest absolute Gasteiger partial charge is 0.481 e. The smallest absolute Gasteiger partial charge is 0.306 e. The number of aliphatic hydroxyl groups is 1. The summed E-state index contributed by atoms with van der Waals surface area (Å²) in [5.74, 6) is -1.10. The predicted molar refractivity (Wildman–Crippen MR) is 70.2 cm³/mol. The molecule has 0 amide bonds. The number of carboxylic acids is 1. The van der Waals surface area contributed by atoms with Crippen molar-refractivity contribution in [2.24, 2.45) is 5.92 Å². The van der Waals surface area contributed by atoms with Gasteiger partial charge in [-0.1, -0.05) is 0 Å². The van der Waals surface area contributed by atoms with Crippen molar-refractivity contribution in [3.63, 3.8) is 0 Å². The van der Waals surface area contributed by atoms with Gasteiger partial charge in [0.15, 0.2) is 0 Å². The second-order valence-corrected chi connectivity index (χ2v) is 5.81. The van der Waals surface area contributed by atoms with Crippen LogP contribution >= 0.6 is 15.9 Å². The van der Waals surface area contributed by atoms with E-state index >= 15 is 0 Å². The minimum atomic E-state index is -0.986. The van der Waals surface area contributed by atoms with Crippen molar-refractivity contribution in [1.82, 2.24) is 4.98 Å². The average molecular weight is 314 g/mol. The fraction of sp³-hybridized carbons (Fsp3) is 0.538. The Kier molecular flexibility index (Phi) is 3.73. The van der Waals surface area contributed by atoms with Crippen molar-refractivity contribution in [3.8, 4) is 0 Å². The van der Waals surface area contributed by atoms with Gasteiger partial charge < -0.3 is 10.2 Å². The minimum Gasteiger partial charge on any atom is -0.481 e. The van der Waals surface area contributed by atoms with Crippen molar-refractivity contribution in [3.05, 3.63) is 28.0 Å². The lowest BCUT2D eigenvalue weighted by Crippen LogP contribution is -2.34. The zero-order valence-electron chi connectivity index (χ0n) is 10.2. The standard InChI is InChI=1S/C13H16BrNO3/c1-8-6-10(15-11(14)7-8)13(18)4-2-9(3-5-13)12(16)17/h6-7,9,18H,2-5H2,1H3,(H,16,17). The minimum absolute atomic E-state index is 0.335. The normalized spacial score (nSPS) is 28.1. The van der Waals surface area contributed by atoms with E-state index < -0.39 is 11.6 Å². The first-order valence-corrected chi connectivity index (χ1v) is 6.80. The Bertz CT molecular complexity index is 447. The molecular formula is C13H16BrNO3. The van der Waals surface area contributed by atoms with E-state index in [1.807, 2.05) is 19.1 Å². The highest BCUT2D eigenvalue weighted by Gasteiger charge is 2.38. The van der Waals surface area contributed by atoms with Gasteiger partial charge in [0.25, 0.3) is 0 Å². The molecule has 1 heterocycles. The molecule has 18 heavy (non-hydrogen) atoms. The van der Waals surface area contributed by atoms with Crippen LogP contribution in [0.3, 0.4) is 0 Å². The number of carboxylic acid groups (broad SMARTS) is 1. The van der Waals surface area contributed by atoms with E-state index in [0.29, 0.717) is 36.0 Å². The van der Waals surface area contributed by atoms with Crippen molar-refractivity contribution >= 4 is 21.9 Å². The molecule has 1 aliphatic carbocycles. The molecule has 2 N–H and O–H groups in total. The third-order valence-corrected chi connectivity index (χ3v) is 3.98. The van der Waals surface area contributed by atoms with Crippen LogP contribution in [0.5, 0.6) is 0 Å². The van der Waals surface area contributed by atoms with Gasteiger partial charge in [0.1, 0.15) is 10.2 Å². The second kappa shape index (κ2) is 4.97. The fourth-order valence-corrected chi connectivity index (χ4v) is 3.01. The molecule has 1 aromatic rings. The van der Waals surface area contributed by atoms with Gasteiger partial charge >= 0.3 is 5.97 Å². The summed E-state index contributed by atoms with van der Waals surface area (Å²) in [4.78, 5) is 15.2. The second-order valence-electron chi connectivity index (χ2n) is 5.00. The van der Waals surface area contributed by atoms with E-state index in [1.165, 1.54) is 0 Å². The Hall–Kier alpha value is -0.940. The van der Waals surface area contributed by atoms with Crippen LogP contribution < -0.4 is 0 Å². The van der Waals surface area contributed by atoms with Gasteiger partial charge in [0.05, 0.1) is 11.6 Å². The van der Waals surface area contributed by atoms with Gasteiger partial charge in [-0.05, 0) is 66.2 Å². The Morgan fingerprint density at radius 3 is 2.56 bits per heavy atom. The SMILES string of the molecule is Cc1cc(Br)nc(C2(O)CCC(C(=O)O)CC2)c1. The van der Waals surface area contributed by atoms with E-state index in [1.54, 1.807) is 0 Å². The number of nitrogens with zero attached hydrogens (tertiary/aromatic N) is 1. The quantitative estimate of drug-likeness (QED) is 0.823. The maximum Gasteiger partial charge on any atom is 0.306 e. The molecule has 0 aliphatic heterocycles. The summed E-state index contributed by atoms with van der Waals surface area (Å²) in [6, 6.07) is 3.75. The predicted octanol–water partition coefficient (Wildman–Crippen LogP) is 2.61. The number of halogens is 1. The molecule has 0 atom stereocenters. The molecule has 0 saturated heterocycles. The molecule has 1 aromatic heterocycles. The first-order valence-electron chi connectivity index (χ1n) is 6.00. The van der Waals surface area contributed by atoms with E-state index in [-0.39, 0.29) is 5.92 Å². The molecule has 1 saturated carbocycles. The lowest BCUT2D eigenvalue weighted by molar-refractivity contribution is -0.145. The highest BCUT2D eigenvalue weighted by molar-refractivity contribution is 9.10. The lowest BCUT2D eigenvalue weighted by atomic mass is 9.77. The molecule has 0 bridgehead atoms. The maximum atomic E-state index is 10.9. The Balaban J connectivity index is 2.20. The van der Waals surface area contributed by atoms with Crippen molar-refractivity contribution in [1.29, 1.82) is 0 Å². The molecular weight excluding hydrogens is 298 g/mol. The lowest BCUT2D eigenvalue weighted by Gasteiger charge is -2.34. The first-order chi connectivity index (χ1) is 8.40. The van der Waals surface area contributed by atoms with E-state index in [4.69, 9.17) is 5.11 Å². The molecule has 1 aliphatic rings. The molecule has 2 rings (SSSR count). The van der Waals surface area contributed by atoms with Crippen LogP contribution in [0.2, 0.25) is 0 Å². The summed E-state index contributed by atoms with van der Waals surface area (Å²) in [5.41, 5.74) is 0.680. The number of rotatable bonds is 2. The number of hydrogen-bond acceptors (Lipinski definition) is 3. The van der Waals surface area contributed by atoms with Crippen molar-refractivity contribution in [2.75, 3.05) is 0 Å². The first kappa shape index (κ1) is 13.5. The molecule has 0 unspecified atom stereocenters. The third kappa shape index (κ3) is 2.72. The highest BCUT2D eigenvalue weighted by atomic mass is 79.9. The summed E-state index contributed by atoms with van der Waals surface area (Å²) in [5, 5.41) is 19.6. The van der Waals surface area contributed by atoms with Gasteiger partial charge in [-0.2, -0.15) is 0 Å². The Morgan fingerprint density at radius 2 is 2.06 bits per heavy atom. The Morgan fingerprint density at radius 1 is 1.44 bits per heavy atom. The maximum absolute atomic E-state index is 10.9. The van der Waals surface area contributed by atoms with Crippen molar-refractivity contribution < 1.29 is 15.0 Å². The monoisotopic (exact) mass is 313 g/mol. The summed E-state index contributed by atoms with van der Waals surface area (Å²) in [7, 11) is 0. The molecule has 0 aromatic carbocycles. The van der Waals surface area contributed by atoms with Gasteiger partial charge in [0.2, 0.25) is 0 Å². The number of carbonyl (C=O) groups is 1. The number of aryl methyl sites for hydroxylation is 1. The number of aromatic nitrogens is 1. The summed E-state index contributed by atoms with van der Waals surface area (Å²) in [6.07, 6.45) is 1.90. The van der Waals surface area contributed by atoms with Crippen LogP contribution in [0.15, 0.2) is 16.7 Å². The topological polar surface area (TPSA) is 70.4 Å². The molecule has 4 nitrogen and oxygen atoms in total. The van der Waals surface area contributed by atoms with Gasteiger partial charge in [-0.3, -0.25) is 4.79 Å². The molecule has 0 radical (unpaired) electrons. The van der Waals surface area contributed by atoms with Crippen LogP contribution in [0.25, 0.3) is 0 Å². The van der Waals surface area contributed by atoms with Gasteiger partial charge in [0, 0.05) is 0 Å². The van der Waals surface area contributed by atoms with Gasteiger partial charge in [-0.15, -0.1) is 0 Å². The zero-order chi connectivity index (χ0) is 13.3. The number of pyridine rings is 1. The van der Waals surface area contributed by atoms with E-state index in [2.05, 4.69) is 20.9 Å². The Labute approximate surface area is 114 Å². The van der Waals surface area contributed by atoms with Crippen LogP contribution in [-0.2, 0) is 10.4 Å². The van der Waals surface area contributed by atoms with E-state index in [9.17, 15) is 9.90 Å². The van der Waals surface area contributed by atoms with Crippen LogP contribution in [-0.4, -0.2) is 21.2 Å². The highest BCUT2D eigenvalue weighted by Crippen LogP contribution is 2.39. The van der Waals surface area contributed by atoms with Crippen LogP contribution in [0.1, 0.15) is 36.9 Å². The van der Waals surface area contributed by atoms with Crippen LogP contribution in [0.4, 0.5) is 0 Å².